The van der Waals surface area contributed by atoms with Crippen LogP contribution in [0, 0.1) is 0 Å². The van der Waals surface area contributed by atoms with Crippen LogP contribution < -0.4 is 16.6 Å². The van der Waals surface area contributed by atoms with Crippen LogP contribution in [-0.2, 0) is 18.9 Å². The van der Waals surface area contributed by atoms with Gasteiger partial charge in [0.2, 0.25) is 5.91 Å². The van der Waals surface area contributed by atoms with Crippen molar-refractivity contribution in [1.82, 2.24) is 18.7 Å². The molecule has 27 heavy (non-hydrogen) atoms. The lowest BCUT2D eigenvalue weighted by atomic mass is 10.2. The first kappa shape index (κ1) is 19.5. The number of anilines is 1. The van der Waals surface area contributed by atoms with Gasteiger partial charge in [0.15, 0.2) is 11.2 Å². The fourth-order valence-electron chi connectivity index (χ4n) is 2.67. The number of rotatable bonds is 3. The summed E-state index contributed by atoms with van der Waals surface area (Å²) in [6.07, 6.45) is 1.33. The monoisotopic (exact) mass is 429 g/mol. The molecule has 1 amide bonds. The van der Waals surface area contributed by atoms with Crippen molar-refractivity contribution in [3.05, 3.63) is 54.4 Å². The minimum Gasteiger partial charge on any atom is -0.322 e. The Labute approximate surface area is 167 Å². The number of aryl methyl sites for hydroxylation is 1. The van der Waals surface area contributed by atoms with E-state index >= 15 is 0 Å². The normalized spacial score (nSPS) is 12.4. The van der Waals surface area contributed by atoms with Gasteiger partial charge in [0.25, 0.3) is 5.56 Å². The molecule has 0 fully saturated rings. The van der Waals surface area contributed by atoms with E-state index in [2.05, 4.69) is 10.3 Å². The third kappa shape index (κ3) is 3.24. The van der Waals surface area contributed by atoms with Gasteiger partial charge < -0.3 is 9.88 Å². The average Bonchev–Trinajstić information content (AvgIpc) is 3.05. The lowest BCUT2D eigenvalue weighted by Gasteiger charge is -2.16. The highest BCUT2D eigenvalue weighted by molar-refractivity contribution is 6.42. The summed E-state index contributed by atoms with van der Waals surface area (Å²) in [5.41, 5.74) is -0.521. The number of imidazole rings is 1. The number of carbonyl (C=O) groups excluding carboxylic acids is 1. The maximum Gasteiger partial charge on any atom is 0.332 e. The average molecular weight is 431 g/mol. The largest absolute Gasteiger partial charge is 0.332 e. The van der Waals surface area contributed by atoms with Crippen molar-refractivity contribution in [3.63, 3.8) is 0 Å². The van der Waals surface area contributed by atoms with E-state index in [0.717, 1.165) is 4.57 Å². The number of carbonyl (C=O) groups is 1. The Morgan fingerprint density at radius 3 is 2.30 bits per heavy atom. The van der Waals surface area contributed by atoms with Gasteiger partial charge >= 0.3 is 5.69 Å². The molecule has 2 aromatic heterocycles. The lowest BCUT2D eigenvalue weighted by molar-refractivity contribution is -0.118. The highest BCUT2D eigenvalue weighted by Gasteiger charge is 2.23. The summed E-state index contributed by atoms with van der Waals surface area (Å²) in [5.74, 6) is -0.476. The molecule has 1 atom stereocenters. The quantitative estimate of drug-likeness (QED) is 0.691. The second-order valence-electron chi connectivity index (χ2n) is 5.94. The van der Waals surface area contributed by atoms with Crippen molar-refractivity contribution in [2.75, 3.05) is 5.32 Å². The van der Waals surface area contributed by atoms with Crippen LogP contribution in [0.1, 0.15) is 13.0 Å². The maximum absolute atomic E-state index is 12.7. The molecule has 3 rings (SSSR count). The van der Waals surface area contributed by atoms with Crippen molar-refractivity contribution in [3.8, 4) is 0 Å². The number of halogens is 3. The van der Waals surface area contributed by atoms with Gasteiger partial charge in [-0.05, 0) is 19.1 Å². The van der Waals surface area contributed by atoms with Crippen LogP contribution in [0.3, 0.4) is 0 Å². The van der Waals surface area contributed by atoms with Crippen LogP contribution >= 0.6 is 34.8 Å². The molecule has 0 saturated carbocycles. The lowest BCUT2D eigenvalue weighted by Crippen LogP contribution is -2.38. The summed E-state index contributed by atoms with van der Waals surface area (Å²) in [6.45, 7) is 1.58. The van der Waals surface area contributed by atoms with Crippen LogP contribution in [0.2, 0.25) is 15.1 Å². The number of aromatic nitrogens is 4. The van der Waals surface area contributed by atoms with Crippen LogP contribution in [-0.4, -0.2) is 24.6 Å². The highest BCUT2D eigenvalue weighted by atomic mass is 35.5. The maximum atomic E-state index is 12.7. The first-order valence-electron chi connectivity index (χ1n) is 7.71. The number of hydrogen-bond donors (Lipinski definition) is 1. The molecule has 0 aliphatic rings. The summed E-state index contributed by atoms with van der Waals surface area (Å²) < 4.78 is 3.59. The summed E-state index contributed by atoms with van der Waals surface area (Å²) >= 11 is 18.1. The van der Waals surface area contributed by atoms with Crippen LogP contribution in [0.25, 0.3) is 11.2 Å². The number of hydrogen-bond acceptors (Lipinski definition) is 4. The molecular formula is C16H14Cl3N5O3. The molecule has 11 heteroatoms. The second-order valence-corrected chi connectivity index (χ2v) is 7.19. The molecule has 0 aliphatic heterocycles. The zero-order valence-corrected chi connectivity index (χ0v) is 16.7. The fourth-order valence-corrected chi connectivity index (χ4v) is 3.58. The van der Waals surface area contributed by atoms with E-state index in [0.29, 0.717) is 5.02 Å². The van der Waals surface area contributed by atoms with Gasteiger partial charge in [-0.15, -0.1) is 0 Å². The van der Waals surface area contributed by atoms with Crippen molar-refractivity contribution >= 4 is 57.6 Å². The topological polar surface area (TPSA) is 90.9 Å². The Kier molecular flexibility index (Phi) is 5.07. The Morgan fingerprint density at radius 2 is 1.70 bits per heavy atom. The molecule has 0 spiro atoms. The van der Waals surface area contributed by atoms with Gasteiger partial charge in [0, 0.05) is 19.1 Å². The van der Waals surface area contributed by atoms with Gasteiger partial charge in [-0.2, -0.15) is 0 Å². The number of nitrogens with zero attached hydrogens (tertiary/aromatic N) is 4. The van der Waals surface area contributed by atoms with Gasteiger partial charge in [-0.25, -0.2) is 9.78 Å². The van der Waals surface area contributed by atoms with E-state index in [1.165, 1.54) is 41.7 Å². The predicted molar refractivity (Wildman–Crippen MR) is 105 cm³/mol. The zero-order chi connectivity index (χ0) is 20.0. The van der Waals surface area contributed by atoms with E-state index in [1.807, 2.05) is 0 Å². The molecule has 1 N–H and O–H groups in total. The first-order chi connectivity index (χ1) is 12.6. The van der Waals surface area contributed by atoms with Crippen LogP contribution in [0.15, 0.2) is 28.0 Å². The fraction of sp³-hybridized carbons (Fsp3) is 0.250. The van der Waals surface area contributed by atoms with E-state index in [-0.39, 0.29) is 26.9 Å². The molecule has 3 aromatic rings. The molecular weight excluding hydrogens is 417 g/mol. The van der Waals surface area contributed by atoms with Gasteiger partial charge in [-0.1, -0.05) is 34.8 Å². The van der Waals surface area contributed by atoms with Gasteiger partial charge in [-0.3, -0.25) is 18.7 Å². The smallest absolute Gasteiger partial charge is 0.322 e. The summed E-state index contributed by atoms with van der Waals surface area (Å²) in [5, 5.41) is 3.33. The number of nitrogens with one attached hydrogen (secondary N) is 1. The third-order valence-electron chi connectivity index (χ3n) is 4.22. The van der Waals surface area contributed by atoms with Crippen molar-refractivity contribution in [2.45, 2.75) is 13.0 Å². The van der Waals surface area contributed by atoms with Crippen molar-refractivity contribution < 1.29 is 4.79 Å². The summed E-state index contributed by atoms with van der Waals surface area (Å²) in [6, 6.07) is 2.07. The molecule has 0 saturated heterocycles. The third-order valence-corrected chi connectivity index (χ3v) is 5.04. The zero-order valence-electron chi connectivity index (χ0n) is 14.5. The Bertz CT molecular complexity index is 1170. The molecule has 0 radical (unpaired) electrons. The predicted octanol–water partition coefficient (Wildman–Crippen LogP) is 2.59. The van der Waals surface area contributed by atoms with Crippen LogP contribution in [0.5, 0.6) is 0 Å². The van der Waals surface area contributed by atoms with Crippen molar-refractivity contribution in [2.24, 2.45) is 14.1 Å². The number of amides is 1. The Hall–Kier alpha value is -2.29. The van der Waals surface area contributed by atoms with E-state index in [4.69, 9.17) is 34.8 Å². The Balaban J connectivity index is 2.04. The minimum atomic E-state index is -0.831. The standard InChI is InChI=1S/C16H14Cl3N5O3/c1-7(14(25)21-11-9(18)4-8(17)5-10(11)19)24-6-20-13-12(24)15(26)23(3)16(27)22(13)2/h4-7H,1-3H3,(H,21,25). The minimum absolute atomic E-state index is 0.135. The molecule has 1 aromatic carbocycles. The Morgan fingerprint density at radius 1 is 1.11 bits per heavy atom. The van der Waals surface area contributed by atoms with E-state index in [1.54, 1.807) is 6.92 Å². The second kappa shape index (κ2) is 7.03. The number of benzene rings is 1. The molecule has 1 unspecified atom stereocenters. The highest BCUT2D eigenvalue weighted by Crippen LogP contribution is 2.34. The first-order valence-corrected chi connectivity index (χ1v) is 8.84. The summed E-state index contributed by atoms with van der Waals surface area (Å²) in [4.78, 5) is 41.3. The molecule has 8 nitrogen and oxygen atoms in total. The van der Waals surface area contributed by atoms with Crippen molar-refractivity contribution in [1.29, 1.82) is 0 Å². The molecule has 142 valence electrons. The molecule has 0 bridgehead atoms. The van der Waals surface area contributed by atoms with Gasteiger partial charge in [0.1, 0.15) is 6.04 Å². The molecule has 2 heterocycles. The number of fused-ring (bicyclic) bond motifs is 1. The summed E-state index contributed by atoms with van der Waals surface area (Å²) in [7, 11) is 2.86. The molecule has 0 aliphatic carbocycles. The van der Waals surface area contributed by atoms with Gasteiger partial charge in [0.05, 0.1) is 22.1 Å². The van der Waals surface area contributed by atoms with E-state index < -0.39 is 23.2 Å². The van der Waals surface area contributed by atoms with E-state index in [9.17, 15) is 14.4 Å². The SMILES string of the molecule is CC(C(=O)Nc1c(Cl)cc(Cl)cc1Cl)n1cnc2c1c(=O)n(C)c(=O)n2C. The van der Waals surface area contributed by atoms with Crippen LogP contribution in [0.4, 0.5) is 5.69 Å².